The van der Waals surface area contributed by atoms with Gasteiger partial charge in [0.25, 0.3) is 0 Å². The summed E-state index contributed by atoms with van der Waals surface area (Å²) in [5, 5.41) is 0. The van der Waals surface area contributed by atoms with Crippen LogP contribution in [0.2, 0.25) is 0 Å². The van der Waals surface area contributed by atoms with Gasteiger partial charge in [-0.1, -0.05) is 318 Å². The van der Waals surface area contributed by atoms with Crippen LogP contribution in [0.15, 0.2) is 72.9 Å². The molecule has 6 heteroatoms. The fraction of sp³-hybridized carbons (Fsp3) is 0.792. The number of unbranched alkanes of at least 4 members (excludes halogenated alkanes) is 39. The number of hydrogen-bond acceptors (Lipinski definition) is 6. The number of carbonyl (C=O) groups excluding carboxylic acids is 3. The molecular weight excluding hydrogens is 961 g/mol. The molecule has 6 nitrogen and oxygen atoms in total. The zero-order valence-corrected chi connectivity index (χ0v) is 51.9. The van der Waals surface area contributed by atoms with Gasteiger partial charge in [-0.05, 0) is 83.5 Å². The summed E-state index contributed by atoms with van der Waals surface area (Å²) in [7, 11) is 0. The van der Waals surface area contributed by atoms with Gasteiger partial charge in [-0.3, -0.25) is 14.4 Å². The summed E-state index contributed by atoms with van der Waals surface area (Å²) < 4.78 is 16.9. The second-order valence-electron chi connectivity index (χ2n) is 22.7. The minimum absolute atomic E-state index is 0.0745. The van der Waals surface area contributed by atoms with Crippen molar-refractivity contribution >= 4 is 17.9 Å². The quantitative estimate of drug-likeness (QED) is 0.0261. The van der Waals surface area contributed by atoms with Crippen LogP contribution in [0.4, 0.5) is 0 Å². The van der Waals surface area contributed by atoms with E-state index in [1.165, 1.54) is 205 Å². The van der Waals surface area contributed by atoms with E-state index in [4.69, 9.17) is 14.2 Å². The average molecular weight is 1090 g/mol. The van der Waals surface area contributed by atoms with Gasteiger partial charge in [0.15, 0.2) is 6.10 Å². The van der Waals surface area contributed by atoms with Crippen LogP contribution in [0.3, 0.4) is 0 Å². The van der Waals surface area contributed by atoms with Crippen LogP contribution in [0.5, 0.6) is 0 Å². The monoisotopic (exact) mass is 1090 g/mol. The van der Waals surface area contributed by atoms with Crippen LogP contribution in [0, 0.1) is 0 Å². The molecule has 452 valence electrons. The third kappa shape index (κ3) is 63.7. The predicted molar refractivity (Wildman–Crippen MR) is 339 cm³/mol. The molecule has 0 saturated carbocycles. The summed E-state index contributed by atoms with van der Waals surface area (Å²) in [4.78, 5) is 38.3. The Morgan fingerprint density at radius 3 is 0.821 bits per heavy atom. The highest BCUT2D eigenvalue weighted by atomic mass is 16.6. The van der Waals surface area contributed by atoms with Crippen molar-refractivity contribution in [2.45, 2.75) is 354 Å². The highest BCUT2D eigenvalue weighted by molar-refractivity contribution is 5.71. The van der Waals surface area contributed by atoms with Crippen LogP contribution >= 0.6 is 0 Å². The third-order valence-electron chi connectivity index (χ3n) is 14.9. The normalized spacial score (nSPS) is 12.5. The summed E-state index contributed by atoms with van der Waals surface area (Å²) in [6.07, 6.45) is 86.4. The Bertz CT molecular complexity index is 1440. The van der Waals surface area contributed by atoms with Gasteiger partial charge >= 0.3 is 17.9 Å². The van der Waals surface area contributed by atoms with Gasteiger partial charge in [0.1, 0.15) is 13.2 Å². The standard InChI is InChI=1S/C72H128O6/c1-4-7-10-13-16-19-22-25-28-29-30-31-32-33-34-35-36-37-38-39-40-41-42-43-45-47-50-53-56-59-62-65-71(74)77-68-69(67-76-70(73)64-61-58-55-52-49-46-27-24-21-18-15-12-9-6-3)78-72(75)66-63-60-57-54-51-48-44-26-23-20-17-14-11-8-5-2/h7,10,15-16,18-19,24-25,27-28,30-31,69H,4-6,8-9,11-14,17,20-23,26,29,32-68H2,1-3H3/b10-7-,18-15-,19-16-,27-24-,28-25-,31-30-. The van der Waals surface area contributed by atoms with Gasteiger partial charge in [0, 0.05) is 19.3 Å². The molecule has 0 aromatic rings. The molecule has 0 saturated heterocycles. The molecule has 78 heavy (non-hydrogen) atoms. The number of esters is 3. The summed E-state index contributed by atoms with van der Waals surface area (Å²) in [5.74, 6) is -0.868. The van der Waals surface area contributed by atoms with Gasteiger partial charge < -0.3 is 14.2 Å². The molecule has 0 radical (unpaired) electrons. The van der Waals surface area contributed by atoms with Gasteiger partial charge in [0.2, 0.25) is 0 Å². The molecule has 0 amide bonds. The lowest BCUT2D eigenvalue weighted by atomic mass is 10.0. The van der Waals surface area contributed by atoms with Crippen molar-refractivity contribution in [3.63, 3.8) is 0 Å². The highest BCUT2D eigenvalue weighted by Crippen LogP contribution is 2.18. The van der Waals surface area contributed by atoms with Gasteiger partial charge in [-0.15, -0.1) is 0 Å². The first kappa shape index (κ1) is 74.8. The van der Waals surface area contributed by atoms with Crippen molar-refractivity contribution in [3.8, 4) is 0 Å². The van der Waals surface area contributed by atoms with Crippen molar-refractivity contribution < 1.29 is 28.6 Å². The third-order valence-corrected chi connectivity index (χ3v) is 14.9. The second-order valence-corrected chi connectivity index (χ2v) is 22.7. The number of rotatable bonds is 62. The van der Waals surface area contributed by atoms with E-state index in [1.54, 1.807) is 0 Å². The van der Waals surface area contributed by atoms with E-state index >= 15 is 0 Å². The first-order chi connectivity index (χ1) is 38.5. The van der Waals surface area contributed by atoms with E-state index in [0.29, 0.717) is 19.3 Å². The van der Waals surface area contributed by atoms with E-state index in [0.717, 1.165) is 103 Å². The molecule has 0 aromatic heterocycles. The van der Waals surface area contributed by atoms with Crippen LogP contribution in [-0.4, -0.2) is 37.2 Å². The maximum absolute atomic E-state index is 12.9. The van der Waals surface area contributed by atoms with Gasteiger partial charge in [-0.25, -0.2) is 0 Å². The lowest BCUT2D eigenvalue weighted by molar-refractivity contribution is -0.167. The number of carbonyl (C=O) groups is 3. The van der Waals surface area contributed by atoms with Gasteiger partial charge in [0.05, 0.1) is 0 Å². The van der Waals surface area contributed by atoms with Crippen LogP contribution < -0.4 is 0 Å². The smallest absolute Gasteiger partial charge is 0.306 e. The van der Waals surface area contributed by atoms with E-state index in [2.05, 4.69) is 93.7 Å². The molecule has 1 unspecified atom stereocenters. The molecule has 0 fully saturated rings. The Morgan fingerprint density at radius 2 is 0.513 bits per heavy atom. The topological polar surface area (TPSA) is 78.9 Å². The maximum atomic E-state index is 12.9. The lowest BCUT2D eigenvalue weighted by Gasteiger charge is -2.18. The summed E-state index contributed by atoms with van der Waals surface area (Å²) in [5.41, 5.74) is 0. The summed E-state index contributed by atoms with van der Waals surface area (Å²) in [6.45, 7) is 6.52. The number of ether oxygens (including phenoxy) is 3. The summed E-state index contributed by atoms with van der Waals surface area (Å²) in [6, 6.07) is 0. The minimum Gasteiger partial charge on any atom is -0.462 e. The molecule has 0 bridgehead atoms. The van der Waals surface area contributed by atoms with Crippen LogP contribution in [0.1, 0.15) is 348 Å². The van der Waals surface area contributed by atoms with Crippen molar-refractivity contribution in [2.24, 2.45) is 0 Å². The Balaban J connectivity index is 4.17. The van der Waals surface area contributed by atoms with E-state index in [9.17, 15) is 14.4 Å². The molecule has 0 heterocycles. The Morgan fingerprint density at radius 1 is 0.269 bits per heavy atom. The number of allylic oxidation sites excluding steroid dienone is 12. The molecule has 1 atom stereocenters. The van der Waals surface area contributed by atoms with Crippen molar-refractivity contribution in [1.82, 2.24) is 0 Å². The largest absolute Gasteiger partial charge is 0.462 e. The fourth-order valence-electron chi connectivity index (χ4n) is 9.87. The fourth-order valence-corrected chi connectivity index (χ4v) is 9.87. The maximum Gasteiger partial charge on any atom is 0.306 e. The van der Waals surface area contributed by atoms with E-state index in [-0.39, 0.29) is 31.1 Å². The molecule has 0 rings (SSSR count). The minimum atomic E-state index is -0.778. The Hall–Kier alpha value is -3.15. The van der Waals surface area contributed by atoms with E-state index < -0.39 is 6.10 Å². The van der Waals surface area contributed by atoms with Crippen LogP contribution in [0.25, 0.3) is 0 Å². The SMILES string of the molecule is CC/C=C\C/C=C\C/C=C\C/C=C\CCCCCCCCCCCCCCCCCCCCC(=O)OCC(COC(=O)CCCCCCC/C=C\C/C=C\CCCC)OC(=O)CCCCCCCCCCCCCCCCC. The zero-order chi connectivity index (χ0) is 56.4. The first-order valence-corrected chi connectivity index (χ1v) is 33.9. The van der Waals surface area contributed by atoms with Crippen LogP contribution in [-0.2, 0) is 28.6 Å². The summed E-state index contributed by atoms with van der Waals surface area (Å²) >= 11 is 0. The Kier molecular flexibility index (Phi) is 63.7. The molecule has 0 aromatic carbocycles. The molecule has 0 N–H and O–H groups in total. The van der Waals surface area contributed by atoms with E-state index in [1.807, 2.05) is 0 Å². The number of hydrogen-bond donors (Lipinski definition) is 0. The molecule has 0 aliphatic carbocycles. The van der Waals surface area contributed by atoms with Crippen molar-refractivity contribution in [3.05, 3.63) is 72.9 Å². The molecule has 0 spiro atoms. The van der Waals surface area contributed by atoms with Crippen molar-refractivity contribution in [2.75, 3.05) is 13.2 Å². The Labute approximate surface area is 484 Å². The molecular formula is C72H128O6. The van der Waals surface area contributed by atoms with Crippen molar-refractivity contribution in [1.29, 1.82) is 0 Å². The zero-order valence-electron chi connectivity index (χ0n) is 51.9. The second kappa shape index (κ2) is 66.4. The first-order valence-electron chi connectivity index (χ1n) is 33.9. The van der Waals surface area contributed by atoms with Gasteiger partial charge in [-0.2, -0.15) is 0 Å². The average Bonchev–Trinajstić information content (AvgIpc) is 3.44. The predicted octanol–water partition coefficient (Wildman–Crippen LogP) is 23.3. The highest BCUT2D eigenvalue weighted by Gasteiger charge is 2.19. The molecule has 0 aliphatic heterocycles. The molecule has 0 aliphatic rings. The lowest BCUT2D eigenvalue weighted by Crippen LogP contribution is -2.30.